The monoisotopic (exact) mass is 186 g/mol. The van der Waals surface area contributed by atoms with Crippen molar-refractivity contribution in [3.63, 3.8) is 0 Å². The minimum Gasteiger partial charge on any atom is -0.313 e. The number of para-hydroxylation sites is 1. The largest absolute Gasteiger partial charge is 0.313 e. The molecule has 0 amide bonds. The number of pyridine rings is 1. The van der Waals surface area contributed by atoms with Crippen LogP contribution < -0.4 is 5.32 Å². The van der Waals surface area contributed by atoms with Gasteiger partial charge in [-0.3, -0.25) is 4.98 Å². The van der Waals surface area contributed by atoms with E-state index in [9.17, 15) is 0 Å². The zero-order valence-corrected chi connectivity index (χ0v) is 8.49. The molecular weight excluding hydrogens is 172 g/mol. The fourth-order valence-electron chi connectivity index (χ4n) is 1.49. The fourth-order valence-corrected chi connectivity index (χ4v) is 1.49. The summed E-state index contributed by atoms with van der Waals surface area (Å²) in [6.45, 7) is 2.13. The summed E-state index contributed by atoms with van der Waals surface area (Å²) in [5.41, 5.74) is 2.28. The van der Waals surface area contributed by atoms with Crippen LogP contribution in [0.5, 0.6) is 0 Å². The van der Waals surface area contributed by atoms with Gasteiger partial charge in [0.1, 0.15) is 0 Å². The van der Waals surface area contributed by atoms with Crippen LogP contribution in [0.4, 0.5) is 0 Å². The maximum absolute atomic E-state index is 4.41. The van der Waals surface area contributed by atoms with Gasteiger partial charge >= 0.3 is 0 Å². The number of hydrogen-bond donors (Lipinski definition) is 1. The second-order valence-corrected chi connectivity index (χ2v) is 3.47. The summed E-state index contributed by atoms with van der Waals surface area (Å²) in [4.78, 5) is 4.41. The van der Waals surface area contributed by atoms with Gasteiger partial charge in [0.15, 0.2) is 0 Å². The summed E-state index contributed by atoms with van der Waals surface area (Å²) in [6, 6.07) is 10.7. The number of fused-ring (bicyclic) bond motifs is 1. The van der Waals surface area contributed by atoms with Crippen molar-refractivity contribution in [1.82, 2.24) is 10.3 Å². The standard InChI is InChI=1S/C12H14N2/c1-9(13-2)11-7-10-5-3-4-6-12(10)14-8-11/h3-9,13H,1-2H3/t9-/m0/s1. The molecule has 0 aliphatic heterocycles. The third kappa shape index (κ3) is 1.61. The molecule has 72 valence electrons. The zero-order chi connectivity index (χ0) is 9.97. The van der Waals surface area contributed by atoms with Crippen LogP contribution in [0.25, 0.3) is 10.9 Å². The molecule has 2 rings (SSSR count). The Morgan fingerprint density at radius 2 is 2.07 bits per heavy atom. The van der Waals surface area contributed by atoms with E-state index in [1.807, 2.05) is 31.4 Å². The van der Waals surface area contributed by atoms with Crippen molar-refractivity contribution in [3.8, 4) is 0 Å². The van der Waals surface area contributed by atoms with Gasteiger partial charge in [-0.2, -0.15) is 0 Å². The summed E-state index contributed by atoms with van der Waals surface area (Å²) in [5, 5.41) is 4.41. The minimum atomic E-state index is 0.354. The van der Waals surface area contributed by atoms with Crippen molar-refractivity contribution < 1.29 is 0 Å². The summed E-state index contributed by atoms with van der Waals surface area (Å²) < 4.78 is 0. The molecule has 0 fully saturated rings. The molecule has 0 saturated carbocycles. The van der Waals surface area contributed by atoms with Gasteiger partial charge in [-0.15, -0.1) is 0 Å². The highest BCUT2D eigenvalue weighted by Gasteiger charge is 2.03. The third-order valence-corrected chi connectivity index (χ3v) is 2.54. The average Bonchev–Trinajstić information content (AvgIpc) is 2.27. The quantitative estimate of drug-likeness (QED) is 0.779. The molecule has 0 aliphatic carbocycles. The van der Waals surface area contributed by atoms with Crippen LogP contribution in [-0.2, 0) is 0 Å². The fraction of sp³-hybridized carbons (Fsp3) is 0.250. The minimum absolute atomic E-state index is 0.354. The molecule has 0 aliphatic rings. The molecule has 1 N–H and O–H groups in total. The van der Waals surface area contributed by atoms with Crippen LogP contribution >= 0.6 is 0 Å². The zero-order valence-electron chi connectivity index (χ0n) is 8.49. The van der Waals surface area contributed by atoms with Gasteiger partial charge in [-0.25, -0.2) is 0 Å². The van der Waals surface area contributed by atoms with E-state index >= 15 is 0 Å². The average molecular weight is 186 g/mol. The normalized spacial score (nSPS) is 13.0. The van der Waals surface area contributed by atoms with Crippen molar-refractivity contribution in [2.45, 2.75) is 13.0 Å². The Morgan fingerprint density at radius 1 is 1.29 bits per heavy atom. The van der Waals surface area contributed by atoms with E-state index in [4.69, 9.17) is 0 Å². The van der Waals surface area contributed by atoms with Gasteiger partial charge in [-0.05, 0) is 31.7 Å². The first kappa shape index (κ1) is 9.16. The van der Waals surface area contributed by atoms with E-state index < -0.39 is 0 Å². The first-order valence-electron chi connectivity index (χ1n) is 4.83. The predicted molar refractivity (Wildman–Crippen MR) is 59.2 cm³/mol. The summed E-state index contributed by atoms with van der Waals surface area (Å²) >= 11 is 0. The molecule has 14 heavy (non-hydrogen) atoms. The summed E-state index contributed by atoms with van der Waals surface area (Å²) in [5.74, 6) is 0. The SMILES string of the molecule is CN[C@@H](C)c1cnc2ccccc2c1. The lowest BCUT2D eigenvalue weighted by molar-refractivity contribution is 0.651. The Balaban J connectivity index is 2.51. The maximum Gasteiger partial charge on any atom is 0.0702 e. The molecular formula is C12H14N2. The Bertz CT molecular complexity index is 437. The van der Waals surface area contributed by atoms with Crippen LogP contribution in [0.15, 0.2) is 36.5 Å². The van der Waals surface area contributed by atoms with E-state index in [-0.39, 0.29) is 0 Å². The second kappa shape index (κ2) is 3.76. The number of nitrogens with zero attached hydrogens (tertiary/aromatic N) is 1. The molecule has 2 aromatic rings. The first-order chi connectivity index (χ1) is 6.81. The van der Waals surface area contributed by atoms with E-state index in [0.29, 0.717) is 6.04 Å². The molecule has 2 nitrogen and oxygen atoms in total. The lowest BCUT2D eigenvalue weighted by Crippen LogP contribution is -2.12. The predicted octanol–water partition coefficient (Wildman–Crippen LogP) is 2.52. The Kier molecular flexibility index (Phi) is 2.46. The van der Waals surface area contributed by atoms with Gasteiger partial charge in [0.25, 0.3) is 0 Å². The highest BCUT2D eigenvalue weighted by molar-refractivity contribution is 5.78. The van der Waals surface area contributed by atoms with Gasteiger partial charge in [0.05, 0.1) is 5.52 Å². The van der Waals surface area contributed by atoms with Crippen LogP contribution in [0.3, 0.4) is 0 Å². The third-order valence-electron chi connectivity index (χ3n) is 2.54. The smallest absolute Gasteiger partial charge is 0.0702 e. The molecule has 0 bridgehead atoms. The summed E-state index contributed by atoms with van der Waals surface area (Å²) in [7, 11) is 1.96. The van der Waals surface area contributed by atoms with E-state index in [2.05, 4.69) is 29.4 Å². The summed E-state index contributed by atoms with van der Waals surface area (Å²) in [6.07, 6.45) is 1.93. The lowest BCUT2D eigenvalue weighted by atomic mass is 10.1. The number of nitrogens with one attached hydrogen (secondary N) is 1. The van der Waals surface area contributed by atoms with Crippen molar-refractivity contribution in [3.05, 3.63) is 42.1 Å². The van der Waals surface area contributed by atoms with E-state index in [1.165, 1.54) is 10.9 Å². The van der Waals surface area contributed by atoms with Gasteiger partial charge < -0.3 is 5.32 Å². The molecule has 0 radical (unpaired) electrons. The maximum atomic E-state index is 4.41. The Morgan fingerprint density at radius 3 is 2.86 bits per heavy atom. The van der Waals surface area contributed by atoms with Gasteiger partial charge in [0.2, 0.25) is 0 Å². The van der Waals surface area contributed by atoms with Crippen LogP contribution in [-0.4, -0.2) is 12.0 Å². The number of aromatic nitrogens is 1. The van der Waals surface area contributed by atoms with E-state index in [1.54, 1.807) is 0 Å². The van der Waals surface area contributed by atoms with Crippen LogP contribution in [0.2, 0.25) is 0 Å². The number of rotatable bonds is 2. The molecule has 1 aromatic heterocycles. The second-order valence-electron chi connectivity index (χ2n) is 3.47. The van der Waals surface area contributed by atoms with Gasteiger partial charge in [0, 0.05) is 17.6 Å². The molecule has 1 atom stereocenters. The topological polar surface area (TPSA) is 24.9 Å². The molecule has 1 heterocycles. The van der Waals surface area contributed by atoms with Crippen molar-refractivity contribution >= 4 is 10.9 Å². The van der Waals surface area contributed by atoms with Crippen molar-refractivity contribution in [2.75, 3.05) is 7.05 Å². The van der Waals surface area contributed by atoms with E-state index in [0.717, 1.165) is 5.52 Å². The Hall–Kier alpha value is -1.41. The number of hydrogen-bond acceptors (Lipinski definition) is 2. The molecule has 0 unspecified atom stereocenters. The highest BCUT2D eigenvalue weighted by Crippen LogP contribution is 2.17. The molecule has 0 saturated heterocycles. The van der Waals surface area contributed by atoms with Crippen LogP contribution in [0.1, 0.15) is 18.5 Å². The number of benzene rings is 1. The van der Waals surface area contributed by atoms with Crippen molar-refractivity contribution in [1.29, 1.82) is 0 Å². The molecule has 0 spiro atoms. The molecule has 1 aromatic carbocycles. The van der Waals surface area contributed by atoms with Gasteiger partial charge in [-0.1, -0.05) is 18.2 Å². The van der Waals surface area contributed by atoms with Crippen LogP contribution in [0, 0.1) is 0 Å². The lowest BCUT2D eigenvalue weighted by Gasteiger charge is -2.10. The highest BCUT2D eigenvalue weighted by atomic mass is 14.9. The Labute approximate surface area is 84.0 Å². The first-order valence-corrected chi connectivity index (χ1v) is 4.83. The van der Waals surface area contributed by atoms with Crippen molar-refractivity contribution in [2.24, 2.45) is 0 Å². The molecule has 2 heteroatoms.